The number of phenolic OH excluding ortho intramolecular Hbond substituents is 1. The minimum Gasteiger partial charge on any atom is -0.506 e. The molecule has 0 atom stereocenters. The average molecular weight is 357 g/mol. The molecule has 2 heterocycles. The molecule has 132 valence electrons. The molecule has 0 unspecified atom stereocenters. The highest BCUT2D eigenvalue weighted by Crippen LogP contribution is 2.35. The van der Waals surface area contributed by atoms with Gasteiger partial charge in [-0.15, -0.1) is 0 Å². The number of hydrogen-bond acceptors (Lipinski definition) is 5. The van der Waals surface area contributed by atoms with Gasteiger partial charge in [0, 0.05) is 6.54 Å². The van der Waals surface area contributed by atoms with Crippen molar-refractivity contribution in [3.05, 3.63) is 23.5 Å². The van der Waals surface area contributed by atoms with Crippen LogP contribution < -0.4 is 9.03 Å². The van der Waals surface area contributed by atoms with Crippen LogP contribution in [0.4, 0.5) is 10.1 Å². The summed E-state index contributed by atoms with van der Waals surface area (Å²) in [4.78, 5) is 13.6. The monoisotopic (exact) mass is 357 g/mol. The van der Waals surface area contributed by atoms with Crippen LogP contribution in [0.25, 0.3) is 0 Å². The molecular weight excluding hydrogens is 337 g/mol. The zero-order valence-corrected chi connectivity index (χ0v) is 14.0. The summed E-state index contributed by atoms with van der Waals surface area (Å²) in [6.45, 7) is 2.09. The summed E-state index contributed by atoms with van der Waals surface area (Å²) in [7, 11) is -4.16. The minimum absolute atomic E-state index is 0.322. The van der Waals surface area contributed by atoms with E-state index in [0.717, 1.165) is 25.9 Å². The van der Waals surface area contributed by atoms with Crippen molar-refractivity contribution in [3.8, 4) is 5.75 Å². The zero-order valence-electron chi connectivity index (χ0n) is 13.2. The Morgan fingerprint density at radius 2 is 1.92 bits per heavy atom. The van der Waals surface area contributed by atoms with Gasteiger partial charge in [0.2, 0.25) is 0 Å². The van der Waals surface area contributed by atoms with Crippen LogP contribution >= 0.6 is 0 Å². The molecule has 2 aliphatic rings. The van der Waals surface area contributed by atoms with E-state index in [2.05, 4.69) is 4.90 Å². The zero-order chi connectivity index (χ0) is 17.3. The van der Waals surface area contributed by atoms with Gasteiger partial charge in [-0.05, 0) is 44.0 Å². The molecule has 2 saturated heterocycles. The van der Waals surface area contributed by atoms with Crippen LogP contribution in [0.3, 0.4) is 0 Å². The van der Waals surface area contributed by atoms with Crippen LogP contribution in [0.2, 0.25) is 0 Å². The van der Waals surface area contributed by atoms with E-state index in [1.807, 2.05) is 0 Å². The van der Waals surface area contributed by atoms with E-state index >= 15 is 0 Å². The Morgan fingerprint density at radius 1 is 1.21 bits per heavy atom. The fourth-order valence-corrected chi connectivity index (χ4v) is 4.30. The summed E-state index contributed by atoms with van der Waals surface area (Å²) in [6, 6.07) is 2.72. The van der Waals surface area contributed by atoms with Crippen molar-refractivity contribution in [3.63, 3.8) is 0 Å². The summed E-state index contributed by atoms with van der Waals surface area (Å²) in [5, 5.41) is 9.92. The van der Waals surface area contributed by atoms with Gasteiger partial charge in [-0.25, -0.2) is 13.4 Å². The molecule has 0 aliphatic carbocycles. The van der Waals surface area contributed by atoms with Crippen molar-refractivity contribution < 1.29 is 22.7 Å². The third-order valence-electron chi connectivity index (χ3n) is 4.39. The maximum atomic E-state index is 14.8. The molecule has 3 rings (SSSR count). The van der Waals surface area contributed by atoms with Crippen LogP contribution in [0.5, 0.6) is 5.75 Å². The Labute approximate surface area is 140 Å². The van der Waals surface area contributed by atoms with Crippen molar-refractivity contribution in [2.75, 3.05) is 30.5 Å². The number of hydrogen-bond donors (Lipinski definition) is 2. The Bertz CT molecular complexity index is 747. The number of amides is 1. The lowest BCUT2D eigenvalue weighted by Crippen LogP contribution is -2.32. The highest BCUT2D eigenvalue weighted by molar-refractivity contribution is 7.92. The molecular formula is C15H20FN3O4S. The lowest BCUT2D eigenvalue weighted by atomic mass is 10.1. The molecule has 0 spiro atoms. The number of phenols is 1. The number of nitrogens with one attached hydrogen (secondary N) is 1. The topological polar surface area (TPSA) is 90.0 Å². The fraction of sp³-hybridized carbons (Fsp3) is 0.533. The highest BCUT2D eigenvalue weighted by Gasteiger charge is 2.37. The number of carbonyl (C=O) groups excluding carboxylic acids is 1. The quantitative estimate of drug-likeness (QED) is 0.830. The molecule has 1 amide bonds. The minimum atomic E-state index is -4.16. The summed E-state index contributed by atoms with van der Waals surface area (Å²) >= 11 is 0. The van der Waals surface area contributed by atoms with Crippen LogP contribution in [-0.4, -0.2) is 50.5 Å². The van der Waals surface area contributed by atoms with Gasteiger partial charge in [-0.1, -0.05) is 12.5 Å². The van der Waals surface area contributed by atoms with Crippen LogP contribution in [0, 0.1) is 5.82 Å². The fourth-order valence-electron chi connectivity index (χ4n) is 3.13. The van der Waals surface area contributed by atoms with Gasteiger partial charge in [0.05, 0.1) is 0 Å². The standard InChI is InChI=1S/C15H20FN3O4S/c16-14-11(6-9-18-7-2-1-3-8-18)4-5-12(20)15(14)19-10-13(21)17-24(19,22)23/h4-5,20H,1-3,6-10H2,(H,17,21). The first kappa shape index (κ1) is 17.0. The number of halogens is 1. The van der Waals surface area contributed by atoms with Crippen LogP contribution in [-0.2, 0) is 21.4 Å². The molecule has 24 heavy (non-hydrogen) atoms. The number of benzene rings is 1. The number of likely N-dealkylation sites (tertiary alicyclic amines) is 1. The van der Waals surface area contributed by atoms with Crippen LogP contribution in [0.1, 0.15) is 24.8 Å². The number of carbonyl (C=O) groups is 1. The van der Waals surface area contributed by atoms with E-state index < -0.39 is 39.9 Å². The maximum absolute atomic E-state index is 14.8. The second-order valence-corrected chi connectivity index (χ2v) is 7.69. The van der Waals surface area contributed by atoms with Crippen LogP contribution in [0.15, 0.2) is 12.1 Å². The van der Waals surface area contributed by atoms with Gasteiger partial charge < -0.3 is 10.0 Å². The molecule has 0 radical (unpaired) electrons. The van der Waals surface area contributed by atoms with E-state index in [0.29, 0.717) is 22.8 Å². The SMILES string of the molecule is O=C1CN(c2c(O)ccc(CCN3CCCCC3)c2F)S(=O)(=O)N1. The second-order valence-electron chi connectivity index (χ2n) is 6.10. The number of nitrogens with zero attached hydrogens (tertiary/aromatic N) is 2. The molecule has 7 nitrogen and oxygen atoms in total. The lowest BCUT2D eigenvalue weighted by molar-refractivity contribution is -0.117. The van der Waals surface area contributed by atoms with Crippen molar-refractivity contribution in [1.29, 1.82) is 0 Å². The molecule has 1 aromatic rings. The first-order valence-corrected chi connectivity index (χ1v) is 9.38. The number of anilines is 1. The molecule has 9 heteroatoms. The summed E-state index contributed by atoms with van der Waals surface area (Å²) in [5.41, 5.74) is -0.146. The first-order chi connectivity index (χ1) is 11.4. The van der Waals surface area contributed by atoms with Gasteiger partial charge in [-0.2, -0.15) is 8.42 Å². The largest absolute Gasteiger partial charge is 0.506 e. The van der Waals surface area contributed by atoms with Crippen molar-refractivity contribution >= 4 is 21.8 Å². The normalized spacial score (nSPS) is 21.0. The predicted molar refractivity (Wildman–Crippen MR) is 86.5 cm³/mol. The van der Waals surface area contributed by atoms with E-state index in [9.17, 15) is 22.7 Å². The summed E-state index contributed by atoms with van der Waals surface area (Å²) in [6.07, 6.45) is 3.88. The lowest BCUT2D eigenvalue weighted by Gasteiger charge is -2.26. The highest BCUT2D eigenvalue weighted by atomic mass is 32.2. The molecule has 2 fully saturated rings. The van der Waals surface area contributed by atoms with E-state index in [-0.39, 0.29) is 0 Å². The number of aromatic hydroxyl groups is 1. The summed E-state index contributed by atoms with van der Waals surface area (Å²) in [5.74, 6) is -2.06. The van der Waals surface area contributed by atoms with Crippen molar-refractivity contribution in [2.24, 2.45) is 0 Å². The van der Waals surface area contributed by atoms with E-state index in [4.69, 9.17) is 0 Å². The maximum Gasteiger partial charge on any atom is 0.326 e. The third-order valence-corrected chi connectivity index (χ3v) is 5.77. The van der Waals surface area contributed by atoms with Gasteiger partial charge in [0.25, 0.3) is 5.91 Å². The Morgan fingerprint density at radius 3 is 2.54 bits per heavy atom. The predicted octanol–water partition coefficient (Wildman–Crippen LogP) is 0.741. The second kappa shape index (κ2) is 6.56. The first-order valence-electron chi connectivity index (χ1n) is 7.94. The van der Waals surface area contributed by atoms with Crippen molar-refractivity contribution in [1.82, 2.24) is 9.62 Å². The van der Waals surface area contributed by atoms with Crippen molar-refractivity contribution in [2.45, 2.75) is 25.7 Å². The Hall–Kier alpha value is -1.87. The number of rotatable bonds is 4. The third kappa shape index (κ3) is 3.32. The number of piperidine rings is 1. The molecule has 2 aliphatic heterocycles. The molecule has 0 saturated carbocycles. The molecule has 2 N–H and O–H groups in total. The summed E-state index contributed by atoms with van der Waals surface area (Å²) < 4.78 is 40.9. The van der Waals surface area contributed by atoms with Gasteiger partial charge in [0.15, 0.2) is 5.82 Å². The molecule has 1 aromatic carbocycles. The van der Waals surface area contributed by atoms with E-state index in [1.54, 1.807) is 4.72 Å². The smallest absolute Gasteiger partial charge is 0.326 e. The van der Waals surface area contributed by atoms with E-state index in [1.165, 1.54) is 18.6 Å². The molecule has 0 aromatic heterocycles. The molecule has 0 bridgehead atoms. The Balaban J connectivity index is 1.84. The van der Waals surface area contributed by atoms with Gasteiger partial charge in [0.1, 0.15) is 18.0 Å². The van der Waals surface area contributed by atoms with Gasteiger partial charge in [-0.3, -0.25) is 4.79 Å². The van der Waals surface area contributed by atoms with Gasteiger partial charge >= 0.3 is 10.2 Å². The Kier molecular flexibility index (Phi) is 4.64. The average Bonchev–Trinajstić information content (AvgIpc) is 2.80.